The third kappa shape index (κ3) is 4.14. The van der Waals surface area contributed by atoms with Crippen LogP contribution in [0.25, 0.3) is 0 Å². The molecule has 0 spiro atoms. The van der Waals surface area contributed by atoms with Gasteiger partial charge in [-0.15, -0.1) is 0 Å². The van der Waals surface area contributed by atoms with E-state index in [-0.39, 0.29) is 5.75 Å². The SMILES string of the molecule is COc1cc(CCc2cc(Br)c(O)c(Br)c2)cc(OC)c1. The highest BCUT2D eigenvalue weighted by molar-refractivity contribution is 9.11. The summed E-state index contributed by atoms with van der Waals surface area (Å²) in [7, 11) is 3.29. The molecule has 5 heteroatoms. The maximum Gasteiger partial charge on any atom is 0.143 e. The van der Waals surface area contributed by atoms with Crippen LogP contribution in [0.4, 0.5) is 0 Å². The molecule has 0 aliphatic heterocycles. The molecule has 0 heterocycles. The first-order valence-electron chi connectivity index (χ1n) is 6.42. The Kier molecular flexibility index (Phi) is 5.53. The third-order valence-electron chi connectivity index (χ3n) is 3.19. The number of phenolic OH excluding ortho intramolecular Hbond substituents is 1. The van der Waals surface area contributed by atoms with Gasteiger partial charge >= 0.3 is 0 Å². The van der Waals surface area contributed by atoms with Gasteiger partial charge in [0, 0.05) is 6.07 Å². The van der Waals surface area contributed by atoms with Crippen molar-refractivity contribution in [2.75, 3.05) is 14.2 Å². The number of aromatic hydroxyl groups is 1. The Morgan fingerprint density at radius 2 is 1.24 bits per heavy atom. The molecule has 0 amide bonds. The van der Waals surface area contributed by atoms with Crippen LogP contribution in [0, 0.1) is 0 Å². The summed E-state index contributed by atoms with van der Waals surface area (Å²) >= 11 is 6.70. The molecular weight excluding hydrogens is 400 g/mol. The van der Waals surface area contributed by atoms with E-state index in [0.717, 1.165) is 35.5 Å². The fourth-order valence-corrected chi connectivity index (χ4v) is 3.34. The zero-order valence-corrected chi connectivity index (χ0v) is 15.0. The van der Waals surface area contributed by atoms with Crippen molar-refractivity contribution < 1.29 is 14.6 Å². The molecule has 0 bridgehead atoms. The fourth-order valence-electron chi connectivity index (χ4n) is 2.06. The van der Waals surface area contributed by atoms with Crippen molar-refractivity contribution in [3.05, 3.63) is 50.4 Å². The molecule has 0 aromatic heterocycles. The van der Waals surface area contributed by atoms with Crippen molar-refractivity contribution in [3.8, 4) is 17.2 Å². The summed E-state index contributed by atoms with van der Waals surface area (Å²) in [6.07, 6.45) is 1.71. The minimum absolute atomic E-state index is 0.224. The van der Waals surface area contributed by atoms with E-state index in [0.29, 0.717) is 8.95 Å². The summed E-state index contributed by atoms with van der Waals surface area (Å²) in [4.78, 5) is 0. The molecule has 0 aliphatic carbocycles. The van der Waals surface area contributed by atoms with E-state index in [4.69, 9.17) is 9.47 Å². The second-order valence-electron chi connectivity index (χ2n) is 4.63. The lowest BCUT2D eigenvalue weighted by Crippen LogP contribution is -1.95. The average Bonchev–Trinajstić information content (AvgIpc) is 2.49. The van der Waals surface area contributed by atoms with Crippen LogP contribution in [0.2, 0.25) is 0 Å². The van der Waals surface area contributed by atoms with Gasteiger partial charge in [0.2, 0.25) is 0 Å². The molecule has 0 aliphatic rings. The van der Waals surface area contributed by atoms with Crippen LogP contribution in [0.1, 0.15) is 11.1 Å². The molecule has 2 rings (SSSR count). The number of benzene rings is 2. The largest absolute Gasteiger partial charge is 0.506 e. The zero-order valence-electron chi connectivity index (χ0n) is 11.8. The normalized spacial score (nSPS) is 10.5. The van der Waals surface area contributed by atoms with Crippen molar-refractivity contribution >= 4 is 31.9 Å². The minimum atomic E-state index is 0.224. The van der Waals surface area contributed by atoms with Gasteiger partial charge in [-0.05, 0) is 80.1 Å². The van der Waals surface area contributed by atoms with E-state index < -0.39 is 0 Å². The van der Waals surface area contributed by atoms with Gasteiger partial charge in [0.25, 0.3) is 0 Å². The van der Waals surface area contributed by atoms with Crippen molar-refractivity contribution in [2.45, 2.75) is 12.8 Å². The van der Waals surface area contributed by atoms with Crippen LogP contribution in [0.15, 0.2) is 39.3 Å². The molecular formula is C16H16Br2O3. The highest BCUT2D eigenvalue weighted by Gasteiger charge is 2.07. The first-order valence-corrected chi connectivity index (χ1v) is 8.01. The second-order valence-corrected chi connectivity index (χ2v) is 6.34. The minimum Gasteiger partial charge on any atom is -0.506 e. The maximum absolute atomic E-state index is 9.73. The predicted molar refractivity (Wildman–Crippen MR) is 90.5 cm³/mol. The molecule has 2 aromatic rings. The molecule has 0 saturated carbocycles. The monoisotopic (exact) mass is 414 g/mol. The first-order chi connectivity index (χ1) is 10.0. The van der Waals surface area contributed by atoms with Crippen LogP contribution in [-0.2, 0) is 12.8 Å². The Morgan fingerprint density at radius 3 is 1.67 bits per heavy atom. The van der Waals surface area contributed by atoms with E-state index in [9.17, 15) is 5.11 Å². The van der Waals surface area contributed by atoms with E-state index >= 15 is 0 Å². The fraction of sp³-hybridized carbons (Fsp3) is 0.250. The van der Waals surface area contributed by atoms with Gasteiger partial charge in [-0.2, -0.15) is 0 Å². The summed E-state index contributed by atoms with van der Waals surface area (Å²) in [5, 5.41) is 9.73. The van der Waals surface area contributed by atoms with Gasteiger partial charge < -0.3 is 14.6 Å². The molecule has 0 atom stereocenters. The Hall–Kier alpha value is -1.20. The van der Waals surface area contributed by atoms with E-state index in [1.165, 1.54) is 0 Å². The summed E-state index contributed by atoms with van der Waals surface area (Å²) < 4.78 is 11.9. The summed E-state index contributed by atoms with van der Waals surface area (Å²) in [5.74, 6) is 1.80. The van der Waals surface area contributed by atoms with E-state index in [1.807, 2.05) is 30.3 Å². The standard InChI is InChI=1S/C16H16Br2O3/c1-20-12-5-10(6-13(9-12)21-2)3-4-11-7-14(17)16(19)15(18)8-11/h5-9,19H,3-4H2,1-2H3. The van der Waals surface area contributed by atoms with E-state index in [2.05, 4.69) is 31.9 Å². The maximum atomic E-state index is 9.73. The predicted octanol–water partition coefficient (Wildman–Crippen LogP) is 4.72. The van der Waals surface area contributed by atoms with Crippen LogP contribution in [0.5, 0.6) is 17.2 Å². The molecule has 112 valence electrons. The Morgan fingerprint density at radius 1 is 0.810 bits per heavy atom. The smallest absolute Gasteiger partial charge is 0.143 e. The number of hydrogen-bond donors (Lipinski definition) is 1. The van der Waals surface area contributed by atoms with Crippen LogP contribution < -0.4 is 9.47 Å². The molecule has 1 N–H and O–H groups in total. The zero-order chi connectivity index (χ0) is 15.4. The van der Waals surface area contributed by atoms with Gasteiger partial charge in [-0.25, -0.2) is 0 Å². The van der Waals surface area contributed by atoms with Gasteiger partial charge in [0.15, 0.2) is 0 Å². The number of halogens is 2. The van der Waals surface area contributed by atoms with Crippen LogP contribution >= 0.6 is 31.9 Å². The van der Waals surface area contributed by atoms with Crippen LogP contribution in [-0.4, -0.2) is 19.3 Å². The molecule has 3 nitrogen and oxygen atoms in total. The van der Waals surface area contributed by atoms with Crippen molar-refractivity contribution in [3.63, 3.8) is 0 Å². The van der Waals surface area contributed by atoms with Gasteiger partial charge in [-0.1, -0.05) is 0 Å². The summed E-state index contributed by atoms with van der Waals surface area (Å²) in [6, 6.07) is 9.73. The van der Waals surface area contributed by atoms with Gasteiger partial charge in [-0.3, -0.25) is 0 Å². The molecule has 0 saturated heterocycles. The quantitative estimate of drug-likeness (QED) is 0.767. The third-order valence-corrected chi connectivity index (χ3v) is 4.40. The lowest BCUT2D eigenvalue weighted by molar-refractivity contribution is 0.393. The number of ether oxygens (including phenoxy) is 2. The Labute approximate surface area is 141 Å². The molecule has 0 fully saturated rings. The molecule has 0 radical (unpaired) electrons. The number of rotatable bonds is 5. The van der Waals surface area contributed by atoms with Crippen molar-refractivity contribution in [1.29, 1.82) is 0 Å². The average molecular weight is 416 g/mol. The van der Waals surface area contributed by atoms with Crippen LogP contribution in [0.3, 0.4) is 0 Å². The van der Waals surface area contributed by atoms with Crippen molar-refractivity contribution in [2.24, 2.45) is 0 Å². The lowest BCUT2D eigenvalue weighted by Gasteiger charge is -2.09. The lowest BCUT2D eigenvalue weighted by atomic mass is 10.0. The highest BCUT2D eigenvalue weighted by Crippen LogP contribution is 2.34. The topological polar surface area (TPSA) is 38.7 Å². The molecule has 21 heavy (non-hydrogen) atoms. The number of phenols is 1. The van der Waals surface area contributed by atoms with Gasteiger partial charge in [0.05, 0.1) is 23.2 Å². The van der Waals surface area contributed by atoms with Gasteiger partial charge in [0.1, 0.15) is 17.2 Å². The molecule has 0 unspecified atom stereocenters. The summed E-state index contributed by atoms with van der Waals surface area (Å²) in [5.41, 5.74) is 2.28. The molecule has 2 aromatic carbocycles. The highest BCUT2D eigenvalue weighted by atomic mass is 79.9. The van der Waals surface area contributed by atoms with E-state index in [1.54, 1.807) is 14.2 Å². The number of methoxy groups -OCH3 is 2. The Balaban J connectivity index is 2.16. The summed E-state index contributed by atoms with van der Waals surface area (Å²) in [6.45, 7) is 0. The Bertz CT molecular complexity index is 596. The van der Waals surface area contributed by atoms with Crippen molar-refractivity contribution in [1.82, 2.24) is 0 Å². The first kappa shape index (κ1) is 16.2. The second kappa shape index (κ2) is 7.18. The number of hydrogen-bond acceptors (Lipinski definition) is 3. The number of aryl methyl sites for hydroxylation is 2.